The van der Waals surface area contributed by atoms with E-state index in [2.05, 4.69) is 6.58 Å². The highest BCUT2D eigenvalue weighted by atomic mass is 19.1. The first-order valence-corrected chi connectivity index (χ1v) is 4.85. The third kappa shape index (κ3) is 2.91. The van der Waals surface area contributed by atoms with Crippen molar-refractivity contribution in [1.29, 1.82) is 0 Å². The van der Waals surface area contributed by atoms with Crippen LogP contribution >= 0.6 is 0 Å². The van der Waals surface area contributed by atoms with E-state index in [0.29, 0.717) is 6.42 Å². The molecule has 0 atom stereocenters. The Kier molecular flexibility index (Phi) is 4.03. The molecule has 0 fully saturated rings. The van der Waals surface area contributed by atoms with Gasteiger partial charge in [-0.05, 0) is 25.0 Å². The van der Waals surface area contributed by atoms with Crippen molar-refractivity contribution in [2.24, 2.45) is 0 Å². The lowest BCUT2D eigenvalue weighted by molar-refractivity contribution is 0.0981. The second-order valence-corrected chi connectivity index (χ2v) is 3.31. The van der Waals surface area contributed by atoms with Crippen LogP contribution in [0.3, 0.4) is 0 Å². The molecule has 1 rings (SSSR count). The molecule has 0 aliphatic rings. The molecule has 0 saturated carbocycles. The minimum atomic E-state index is -0.537. The molecule has 0 bridgehead atoms. The summed E-state index contributed by atoms with van der Waals surface area (Å²) in [4.78, 5) is 11.6. The van der Waals surface area contributed by atoms with Crippen molar-refractivity contribution in [3.05, 3.63) is 42.2 Å². The van der Waals surface area contributed by atoms with Crippen molar-refractivity contribution in [3.63, 3.8) is 0 Å². The van der Waals surface area contributed by atoms with Crippen molar-refractivity contribution < 1.29 is 9.18 Å². The van der Waals surface area contributed by atoms with Crippen LogP contribution in [0.5, 0.6) is 0 Å². The van der Waals surface area contributed by atoms with Crippen LogP contribution in [0, 0.1) is 5.82 Å². The summed E-state index contributed by atoms with van der Waals surface area (Å²) in [7, 11) is 0. The van der Waals surface area contributed by atoms with Gasteiger partial charge in [0.25, 0.3) is 0 Å². The highest BCUT2D eigenvalue weighted by Gasteiger charge is 2.11. The fraction of sp³-hybridized carbons (Fsp3) is 0.250. The van der Waals surface area contributed by atoms with Crippen LogP contribution in [0.15, 0.2) is 30.9 Å². The second kappa shape index (κ2) is 5.29. The van der Waals surface area contributed by atoms with E-state index in [1.807, 2.05) is 0 Å². The van der Waals surface area contributed by atoms with Crippen LogP contribution in [0.25, 0.3) is 0 Å². The summed E-state index contributed by atoms with van der Waals surface area (Å²) in [5, 5.41) is 0. The van der Waals surface area contributed by atoms with E-state index in [-0.39, 0.29) is 17.0 Å². The van der Waals surface area contributed by atoms with Crippen molar-refractivity contribution in [2.45, 2.75) is 19.3 Å². The maximum absolute atomic E-state index is 13.0. The van der Waals surface area contributed by atoms with E-state index in [0.717, 1.165) is 12.8 Å². The van der Waals surface area contributed by atoms with Gasteiger partial charge >= 0.3 is 0 Å². The SMILES string of the molecule is C=CCCCC(=O)c1cccc(F)c1N. The quantitative estimate of drug-likeness (QED) is 0.349. The molecule has 3 heteroatoms. The van der Waals surface area contributed by atoms with Gasteiger partial charge in [0.05, 0.1) is 5.69 Å². The number of anilines is 1. The molecule has 1 aromatic rings. The van der Waals surface area contributed by atoms with Gasteiger partial charge in [0, 0.05) is 12.0 Å². The maximum atomic E-state index is 13.0. The van der Waals surface area contributed by atoms with E-state index < -0.39 is 5.82 Å². The molecule has 0 heterocycles. The summed E-state index contributed by atoms with van der Waals surface area (Å²) in [6, 6.07) is 4.29. The Bertz CT molecular complexity index is 374. The number of carbonyl (C=O) groups is 1. The molecule has 0 unspecified atom stereocenters. The molecule has 0 radical (unpaired) electrons. The predicted octanol–water partition coefficient (Wildman–Crippen LogP) is 2.95. The molecule has 0 amide bonds. The normalized spacial score (nSPS) is 9.93. The number of halogens is 1. The van der Waals surface area contributed by atoms with Gasteiger partial charge in [0.15, 0.2) is 5.78 Å². The van der Waals surface area contributed by atoms with E-state index in [1.54, 1.807) is 12.1 Å². The minimum Gasteiger partial charge on any atom is -0.396 e. The number of ketones is 1. The smallest absolute Gasteiger partial charge is 0.165 e. The Morgan fingerprint density at radius 3 is 2.93 bits per heavy atom. The Labute approximate surface area is 88.6 Å². The molecular formula is C12H14FNO. The molecule has 2 nitrogen and oxygen atoms in total. The van der Waals surface area contributed by atoms with E-state index in [1.165, 1.54) is 12.1 Å². The summed E-state index contributed by atoms with van der Waals surface area (Å²) in [5.41, 5.74) is 5.69. The van der Waals surface area contributed by atoms with E-state index in [4.69, 9.17) is 5.73 Å². The summed E-state index contributed by atoms with van der Waals surface area (Å²) in [6.45, 7) is 3.57. The predicted molar refractivity (Wildman–Crippen MR) is 59.2 cm³/mol. The van der Waals surface area contributed by atoms with Crippen molar-refractivity contribution in [1.82, 2.24) is 0 Å². The van der Waals surface area contributed by atoms with Gasteiger partial charge in [-0.3, -0.25) is 4.79 Å². The summed E-state index contributed by atoms with van der Waals surface area (Å²) in [6.07, 6.45) is 3.63. The molecule has 2 N–H and O–H groups in total. The number of carbonyl (C=O) groups excluding carboxylic acids is 1. The van der Waals surface area contributed by atoms with Gasteiger partial charge in [-0.15, -0.1) is 6.58 Å². The third-order valence-electron chi connectivity index (χ3n) is 2.17. The van der Waals surface area contributed by atoms with Crippen LogP contribution in [-0.2, 0) is 0 Å². The molecule has 0 aliphatic carbocycles. The summed E-state index contributed by atoms with van der Waals surface area (Å²) < 4.78 is 13.0. The lowest BCUT2D eigenvalue weighted by Gasteiger charge is -2.04. The molecule has 15 heavy (non-hydrogen) atoms. The van der Waals surface area contributed by atoms with Crippen LogP contribution < -0.4 is 5.73 Å². The number of allylic oxidation sites excluding steroid dienone is 1. The van der Waals surface area contributed by atoms with Gasteiger partial charge in [0.2, 0.25) is 0 Å². The number of nitrogens with two attached hydrogens (primary N) is 1. The molecular weight excluding hydrogens is 193 g/mol. The average molecular weight is 207 g/mol. The Morgan fingerprint density at radius 1 is 1.53 bits per heavy atom. The van der Waals surface area contributed by atoms with Gasteiger partial charge < -0.3 is 5.73 Å². The topological polar surface area (TPSA) is 43.1 Å². The third-order valence-corrected chi connectivity index (χ3v) is 2.17. The van der Waals surface area contributed by atoms with Crippen LogP contribution in [0.4, 0.5) is 10.1 Å². The Balaban J connectivity index is 2.73. The van der Waals surface area contributed by atoms with Gasteiger partial charge in [0.1, 0.15) is 5.82 Å². The number of benzene rings is 1. The number of hydrogen-bond donors (Lipinski definition) is 1. The first-order chi connectivity index (χ1) is 7.16. The van der Waals surface area contributed by atoms with E-state index in [9.17, 15) is 9.18 Å². The van der Waals surface area contributed by atoms with Crippen LogP contribution in [0.2, 0.25) is 0 Å². The first kappa shape index (κ1) is 11.4. The fourth-order valence-electron chi connectivity index (χ4n) is 1.32. The van der Waals surface area contributed by atoms with Crippen molar-refractivity contribution in [3.8, 4) is 0 Å². The molecule has 80 valence electrons. The first-order valence-electron chi connectivity index (χ1n) is 4.85. The minimum absolute atomic E-state index is 0.0545. The number of para-hydroxylation sites is 1. The summed E-state index contributed by atoms with van der Waals surface area (Å²) >= 11 is 0. The summed E-state index contributed by atoms with van der Waals surface area (Å²) in [5.74, 6) is -0.654. The molecule has 0 saturated heterocycles. The zero-order valence-corrected chi connectivity index (χ0v) is 8.50. The fourth-order valence-corrected chi connectivity index (χ4v) is 1.32. The highest BCUT2D eigenvalue weighted by molar-refractivity contribution is 6.00. The Morgan fingerprint density at radius 2 is 2.27 bits per heavy atom. The molecule has 0 aromatic heterocycles. The van der Waals surface area contributed by atoms with Gasteiger partial charge in [-0.2, -0.15) is 0 Å². The monoisotopic (exact) mass is 207 g/mol. The number of rotatable bonds is 5. The van der Waals surface area contributed by atoms with Gasteiger partial charge in [-0.25, -0.2) is 4.39 Å². The lowest BCUT2D eigenvalue weighted by Crippen LogP contribution is -2.05. The zero-order chi connectivity index (χ0) is 11.3. The zero-order valence-electron chi connectivity index (χ0n) is 8.50. The number of Topliss-reactive ketones (excluding diaryl/α,β-unsaturated/α-hetero) is 1. The molecule has 0 aliphatic heterocycles. The Hall–Kier alpha value is -1.64. The van der Waals surface area contributed by atoms with Crippen LogP contribution in [-0.4, -0.2) is 5.78 Å². The van der Waals surface area contributed by atoms with E-state index >= 15 is 0 Å². The average Bonchev–Trinajstić information content (AvgIpc) is 2.22. The largest absolute Gasteiger partial charge is 0.396 e. The van der Waals surface area contributed by atoms with Crippen molar-refractivity contribution in [2.75, 3.05) is 5.73 Å². The second-order valence-electron chi connectivity index (χ2n) is 3.31. The number of hydrogen-bond acceptors (Lipinski definition) is 2. The number of unbranched alkanes of at least 4 members (excludes halogenated alkanes) is 1. The maximum Gasteiger partial charge on any atom is 0.165 e. The van der Waals surface area contributed by atoms with Crippen LogP contribution in [0.1, 0.15) is 29.6 Å². The molecule has 1 aromatic carbocycles. The standard InChI is InChI=1S/C12H14FNO/c1-2-3-4-8-11(15)9-6-5-7-10(13)12(9)14/h2,5-7H,1,3-4,8,14H2. The number of nitrogen functional groups attached to an aromatic ring is 1. The lowest BCUT2D eigenvalue weighted by atomic mass is 10.0. The van der Waals surface area contributed by atoms with Crippen molar-refractivity contribution >= 4 is 11.5 Å². The molecule has 0 spiro atoms. The van der Waals surface area contributed by atoms with Gasteiger partial charge in [-0.1, -0.05) is 12.1 Å². The highest BCUT2D eigenvalue weighted by Crippen LogP contribution is 2.18.